The molecule has 23 heavy (non-hydrogen) atoms. The maximum atomic E-state index is 11.9. The van der Waals surface area contributed by atoms with E-state index in [1.54, 1.807) is 11.8 Å². The second-order valence-electron chi connectivity index (χ2n) is 5.52. The first-order valence-electron chi connectivity index (χ1n) is 7.86. The molecule has 0 saturated carbocycles. The van der Waals surface area contributed by atoms with Crippen LogP contribution >= 0.6 is 11.8 Å². The highest BCUT2D eigenvalue weighted by atomic mass is 32.2. The zero-order valence-corrected chi connectivity index (χ0v) is 13.8. The fraction of sp³-hybridized carbons (Fsp3) is 0.250. The Morgan fingerprint density at radius 1 is 1.09 bits per heavy atom. The Bertz CT molecular complexity index is 743. The number of rotatable bonds is 4. The van der Waals surface area contributed by atoms with Gasteiger partial charge in [-0.15, -0.1) is 11.8 Å². The summed E-state index contributed by atoms with van der Waals surface area (Å²) in [6.07, 6.45) is 3.62. The number of fused-ring (bicyclic) bond motifs is 1. The van der Waals surface area contributed by atoms with Crippen molar-refractivity contribution in [2.45, 2.75) is 24.2 Å². The van der Waals surface area contributed by atoms with Crippen LogP contribution in [0.1, 0.15) is 23.1 Å². The Kier molecular flexibility index (Phi) is 5.39. The van der Waals surface area contributed by atoms with Gasteiger partial charge < -0.3 is 5.32 Å². The van der Waals surface area contributed by atoms with Gasteiger partial charge in [0.2, 0.25) is 5.91 Å². The number of hydrogen-bond donors (Lipinski definition) is 1. The highest BCUT2D eigenvalue weighted by molar-refractivity contribution is 8.00. The van der Waals surface area contributed by atoms with E-state index < -0.39 is 0 Å². The minimum Gasteiger partial charge on any atom is -0.344 e. The molecule has 0 aromatic heterocycles. The third kappa shape index (κ3) is 4.64. The van der Waals surface area contributed by atoms with Crippen LogP contribution in [0.15, 0.2) is 53.4 Å². The van der Waals surface area contributed by atoms with Gasteiger partial charge in [-0.25, -0.2) is 0 Å². The second-order valence-corrected chi connectivity index (χ2v) is 6.57. The lowest BCUT2D eigenvalue weighted by molar-refractivity contribution is -0.118. The zero-order valence-electron chi connectivity index (χ0n) is 13.0. The normalized spacial score (nSPS) is 12.2. The number of thioether (sulfide) groups is 1. The van der Waals surface area contributed by atoms with Crippen molar-refractivity contribution in [1.82, 2.24) is 5.32 Å². The van der Waals surface area contributed by atoms with Crippen molar-refractivity contribution in [2.75, 3.05) is 12.3 Å². The molecule has 1 aliphatic carbocycles. The largest absolute Gasteiger partial charge is 0.344 e. The predicted molar refractivity (Wildman–Crippen MR) is 95.5 cm³/mol. The molecule has 3 rings (SSSR count). The standard InChI is InChI=1S/C20H19NOS/c22-20(21-13-5-8-16-6-2-1-3-7-16)15-23-19-12-11-17-9-4-10-18(17)14-19/h1-3,6-7,11-12,14H,4,9-10,13,15H2,(H,21,22). The van der Waals surface area contributed by atoms with E-state index in [0.29, 0.717) is 12.3 Å². The summed E-state index contributed by atoms with van der Waals surface area (Å²) >= 11 is 1.59. The summed E-state index contributed by atoms with van der Waals surface area (Å²) < 4.78 is 0. The second kappa shape index (κ2) is 7.89. The van der Waals surface area contributed by atoms with E-state index >= 15 is 0 Å². The molecule has 0 aliphatic heterocycles. The molecule has 0 spiro atoms. The van der Waals surface area contributed by atoms with Crippen LogP contribution in [0.25, 0.3) is 0 Å². The summed E-state index contributed by atoms with van der Waals surface area (Å²) in [7, 11) is 0. The molecule has 2 aromatic carbocycles. The van der Waals surface area contributed by atoms with Crippen LogP contribution < -0.4 is 5.32 Å². The van der Waals surface area contributed by atoms with Crippen molar-refractivity contribution in [3.63, 3.8) is 0 Å². The van der Waals surface area contributed by atoms with Gasteiger partial charge >= 0.3 is 0 Å². The van der Waals surface area contributed by atoms with Crippen molar-refractivity contribution >= 4 is 17.7 Å². The van der Waals surface area contributed by atoms with E-state index in [1.807, 2.05) is 30.3 Å². The molecule has 0 radical (unpaired) electrons. The summed E-state index contributed by atoms with van der Waals surface area (Å²) in [6, 6.07) is 16.3. The van der Waals surface area contributed by atoms with E-state index in [4.69, 9.17) is 0 Å². The monoisotopic (exact) mass is 321 g/mol. The smallest absolute Gasteiger partial charge is 0.231 e. The Hall–Kier alpha value is -2.18. The third-order valence-corrected chi connectivity index (χ3v) is 4.81. The first-order valence-corrected chi connectivity index (χ1v) is 8.85. The van der Waals surface area contributed by atoms with Gasteiger partial charge in [-0.05, 0) is 54.7 Å². The molecule has 0 saturated heterocycles. The summed E-state index contributed by atoms with van der Waals surface area (Å²) in [6.45, 7) is 0.387. The molecule has 2 nitrogen and oxygen atoms in total. The van der Waals surface area contributed by atoms with Crippen LogP contribution in [0.2, 0.25) is 0 Å². The minimum atomic E-state index is 0.0258. The van der Waals surface area contributed by atoms with Gasteiger partial charge in [0.15, 0.2) is 0 Å². The number of aryl methyl sites for hydroxylation is 2. The zero-order chi connectivity index (χ0) is 15.9. The van der Waals surface area contributed by atoms with Crippen LogP contribution in [0, 0.1) is 11.8 Å². The molecular weight excluding hydrogens is 302 g/mol. The van der Waals surface area contributed by atoms with Gasteiger partial charge in [0.25, 0.3) is 0 Å². The molecular formula is C20H19NOS. The average Bonchev–Trinajstić information content (AvgIpc) is 3.05. The Labute approximate surface area is 141 Å². The van der Waals surface area contributed by atoms with E-state index in [2.05, 4.69) is 35.4 Å². The molecule has 0 bridgehead atoms. The van der Waals surface area contributed by atoms with Gasteiger partial charge in [0, 0.05) is 10.5 Å². The summed E-state index contributed by atoms with van der Waals surface area (Å²) in [5, 5.41) is 2.84. The molecule has 0 heterocycles. The highest BCUT2D eigenvalue weighted by Gasteiger charge is 2.11. The number of carbonyl (C=O) groups excluding carboxylic acids is 1. The van der Waals surface area contributed by atoms with Crippen molar-refractivity contribution < 1.29 is 4.79 Å². The Balaban J connectivity index is 1.42. The van der Waals surface area contributed by atoms with Gasteiger partial charge in [0.1, 0.15) is 0 Å². The number of hydrogen-bond acceptors (Lipinski definition) is 2. The number of benzene rings is 2. The van der Waals surface area contributed by atoms with Gasteiger partial charge in [-0.3, -0.25) is 4.79 Å². The van der Waals surface area contributed by atoms with E-state index in [0.717, 1.165) is 5.56 Å². The van der Waals surface area contributed by atoms with Crippen LogP contribution in [0.3, 0.4) is 0 Å². The number of amides is 1. The molecule has 0 atom stereocenters. The van der Waals surface area contributed by atoms with E-state index in [1.165, 1.54) is 35.3 Å². The van der Waals surface area contributed by atoms with Crippen LogP contribution in [0.4, 0.5) is 0 Å². The van der Waals surface area contributed by atoms with E-state index in [9.17, 15) is 4.79 Å². The molecule has 2 aromatic rings. The van der Waals surface area contributed by atoms with Crippen LogP contribution in [-0.2, 0) is 17.6 Å². The molecule has 1 amide bonds. The maximum absolute atomic E-state index is 11.9. The maximum Gasteiger partial charge on any atom is 0.231 e. The van der Waals surface area contributed by atoms with Crippen molar-refractivity contribution in [3.05, 3.63) is 65.2 Å². The van der Waals surface area contributed by atoms with E-state index in [-0.39, 0.29) is 5.91 Å². The first-order chi connectivity index (χ1) is 11.3. The molecule has 116 valence electrons. The van der Waals surface area contributed by atoms with Crippen molar-refractivity contribution in [2.24, 2.45) is 0 Å². The predicted octanol–water partition coefficient (Wildman–Crippen LogP) is 3.44. The number of carbonyl (C=O) groups is 1. The topological polar surface area (TPSA) is 29.1 Å². The molecule has 1 N–H and O–H groups in total. The van der Waals surface area contributed by atoms with Crippen molar-refractivity contribution in [3.8, 4) is 11.8 Å². The van der Waals surface area contributed by atoms with Gasteiger partial charge in [-0.2, -0.15) is 0 Å². The fourth-order valence-corrected chi connectivity index (χ4v) is 3.44. The number of nitrogens with one attached hydrogen (secondary N) is 1. The summed E-state index contributed by atoms with van der Waals surface area (Å²) in [5.74, 6) is 6.47. The Morgan fingerprint density at radius 3 is 2.78 bits per heavy atom. The SMILES string of the molecule is O=C(CSc1ccc2c(c1)CCC2)NCC#Cc1ccccc1. The molecule has 1 aliphatic rings. The fourth-order valence-electron chi connectivity index (χ4n) is 2.65. The lowest BCUT2D eigenvalue weighted by Gasteiger charge is -2.05. The van der Waals surface area contributed by atoms with Gasteiger partial charge in [-0.1, -0.05) is 36.1 Å². The molecule has 0 fully saturated rings. The summed E-state index contributed by atoms with van der Waals surface area (Å²) in [5.41, 5.74) is 3.88. The van der Waals surface area contributed by atoms with Crippen molar-refractivity contribution in [1.29, 1.82) is 0 Å². The quantitative estimate of drug-likeness (QED) is 0.690. The average molecular weight is 321 g/mol. The van der Waals surface area contributed by atoms with Gasteiger partial charge in [0.05, 0.1) is 12.3 Å². The molecule has 0 unspecified atom stereocenters. The first kappa shape index (κ1) is 15.7. The minimum absolute atomic E-state index is 0.0258. The Morgan fingerprint density at radius 2 is 1.91 bits per heavy atom. The molecule has 3 heteroatoms. The lowest BCUT2D eigenvalue weighted by Crippen LogP contribution is -2.25. The summed E-state index contributed by atoms with van der Waals surface area (Å²) in [4.78, 5) is 13.0. The third-order valence-electron chi connectivity index (χ3n) is 3.82. The van der Waals surface area contributed by atoms with Crippen LogP contribution in [-0.4, -0.2) is 18.2 Å². The lowest BCUT2D eigenvalue weighted by atomic mass is 10.1. The highest BCUT2D eigenvalue weighted by Crippen LogP contribution is 2.27. The van der Waals surface area contributed by atoms with Crippen LogP contribution in [0.5, 0.6) is 0 Å².